The molecule has 3 N–H and O–H groups in total. The maximum absolute atomic E-state index is 12.6. The molecule has 6 heteroatoms. The summed E-state index contributed by atoms with van der Waals surface area (Å²) >= 11 is 0. The van der Waals surface area contributed by atoms with Gasteiger partial charge in [0.2, 0.25) is 5.91 Å². The van der Waals surface area contributed by atoms with Crippen LogP contribution in [0.15, 0.2) is 24.3 Å². The molecule has 0 fully saturated rings. The SMILES string of the molecule is CCCCCCCC/C=C\CCCCCCCCCC(=O)OCCCCCCCCCCCCCCCCCCCCCCCCCCCCCC(=O)NC(CO)C(O)/C=C/CCCCCCCCCCCCCCCCCCCCCCCC. The summed E-state index contributed by atoms with van der Waals surface area (Å²) in [4.78, 5) is 24.7. The Morgan fingerprint density at radius 1 is 0.318 bits per heavy atom. The number of allylic oxidation sites excluding steroid dienone is 3. The lowest BCUT2D eigenvalue weighted by Crippen LogP contribution is -2.45. The third-order valence-electron chi connectivity index (χ3n) is 18.5. The van der Waals surface area contributed by atoms with Crippen LogP contribution in [0.3, 0.4) is 0 Å². The molecule has 0 spiro atoms. The van der Waals surface area contributed by atoms with Gasteiger partial charge < -0.3 is 20.3 Å². The number of hydrogen-bond acceptors (Lipinski definition) is 5. The van der Waals surface area contributed by atoms with Gasteiger partial charge >= 0.3 is 5.97 Å². The van der Waals surface area contributed by atoms with E-state index in [9.17, 15) is 19.8 Å². The maximum atomic E-state index is 12.6. The number of esters is 1. The van der Waals surface area contributed by atoms with Crippen LogP contribution >= 0.6 is 0 Å². The van der Waals surface area contributed by atoms with Crippen molar-refractivity contribution >= 4 is 11.9 Å². The molecule has 0 radical (unpaired) electrons. The molecule has 504 valence electrons. The Labute approximate surface area is 532 Å². The Hall–Kier alpha value is -1.66. The average molecular weight is 1200 g/mol. The van der Waals surface area contributed by atoms with E-state index in [0.717, 1.165) is 44.9 Å². The molecule has 0 aromatic rings. The summed E-state index contributed by atoms with van der Waals surface area (Å²) in [7, 11) is 0. The van der Waals surface area contributed by atoms with Gasteiger partial charge in [0.1, 0.15) is 0 Å². The molecule has 0 saturated carbocycles. The van der Waals surface area contributed by atoms with Crippen molar-refractivity contribution in [2.24, 2.45) is 0 Å². The fraction of sp³-hybridized carbons (Fsp3) is 0.924. The molecule has 0 saturated heterocycles. The van der Waals surface area contributed by atoms with E-state index in [-0.39, 0.29) is 18.5 Å². The van der Waals surface area contributed by atoms with E-state index in [1.54, 1.807) is 6.08 Å². The van der Waals surface area contributed by atoms with Crippen LogP contribution < -0.4 is 5.32 Å². The van der Waals surface area contributed by atoms with Gasteiger partial charge in [0.15, 0.2) is 0 Å². The Balaban J connectivity index is 3.37. The third-order valence-corrected chi connectivity index (χ3v) is 18.5. The highest BCUT2D eigenvalue weighted by atomic mass is 16.5. The van der Waals surface area contributed by atoms with Crippen molar-refractivity contribution in [1.82, 2.24) is 5.32 Å². The van der Waals surface area contributed by atoms with E-state index in [0.29, 0.717) is 19.4 Å². The first-order valence-corrected chi connectivity index (χ1v) is 39.1. The van der Waals surface area contributed by atoms with Gasteiger partial charge in [-0.2, -0.15) is 0 Å². The lowest BCUT2D eigenvalue weighted by atomic mass is 10.0. The van der Waals surface area contributed by atoms with E-state index in [1.807, 2.05) is 6.08 Å². The summed E-state index contributed by atoms with van der Waals surface area (Å²) in [5.74, 6) is -0.0446. The van der Waals surface area contributed by atoms with Crippen LogP contribution in [-0.4, -0.2) is 47.4 Å². The van der Waals surface area contributed by atoms with E-state index in [2.05, 4.69) is 31.3 Å². The van der Waals surface area contributed by atoms with Crippen molar-refractivity contribution in [3.8, 4) is 0 Å². The van der Waals surface area contributed by atoms with Crippen molar-refractivity contribution in [3.05, 3.63) is 24.3 Å². The smallest absolute Gasteiger partial charge is 0.305 e. The van der Waals surface area contributed by atoms with Crippen LogP contribution in [0.1, 0.15) is 444 Å². The number of aliphatic hydroxyl groups is 2. The Morgan fingerprint density at radius 2 is 0.553 bits per heavy atom. The van der Waals surface area contributed by atoms with Crippen molar-refractivity contribution in [2.75, 3.05) is 13.2 Å². The predicted octanol–water partition coefficient (Wildman–Crippen LogP) is 25.7. The first-order valence-electron chi connectivity index (χ1n) is 39.1. The number of carbonyl (C=O) groups is 2. The molecule has 0 rings (SSSR count). The van der Waals surface area contributed by atoms with Gasteiger partial charge in [0.25, 0.3) is 0 Å². The molecular weight excluding hydrogens is 1040 g/mol. The van der Waals surface area contributed by atoms with Gasteiger partial charge in [-0.05, 0) is 57.8 Å². The molecule has 0 aliphatic rings. The molecule has 1 amide bonds. The monoisotopic (exact) mass is 1200 g/mol. The van der Waals surface area contributed by atoms with Crippen molar-refractivity contribution < 1.29 is 24.5 Å². The highest BCUT2D eigenvalue weighted by molar-refractivity contribution is 5.76. The number of amides is 1. The van der Waals surface area contributed by atoms with Crippen LogP contribution in [0.4, 0.5) is 0 Å². The number of nitrogens with one attached hydrogen (secondary N) is 1. The fourth-order valence-corrected chi connectivity index (χ4v) is 12.5. The summed E-state index contributed by atoms with van der Waals surface area (Å²) in [5.41, 5.74) is 0. The lowest BCUT2D eigenvalue weighted by molar-refractivity contribution is -0.143. The highest BCUT2D eigenvalue weighted by Gasteiger charge is 2.18. The van der Waals surface area contributed by atoms with E-state index in [4.69, 9.17) is 4.74 Å². The molecule has 2 unspecified atom stereocenters. The second-order valence-corrected chi connectivity index (χ2v) is 27.0. The average Bonchev–Trinajstić information content (AvgIpc) is 3.51. The van der Waals surface area contributed by atoms with E-state index < -0.39 is 12.1 Å². The number of ether oxygens (including phenoxy) is 1. The van der Waals surface area contributed by atoms with E-state index >= 15 is 0 Å². The fourth-order valence-electron chi connectivity index (χ4n) is 12.5. The van der Waals surface area contributed by atoms with E-state index in [1.165, 1.54) is 372 Å². The summed E-state index contributed by atoms with van der Waals surface area (Å²) < 4.78 is 5.51. The first kappa shape index (κ1) is 83.3. The standard InChI is InChI=1S/C79H153NO5/c1-3-5-7-9-11-13-15-17-19-21-22-23-24-30-33-36-40-43-47-51-55-59-63-67-71-77(82)76(75-81)80-78(83)72-68-64-60-56-52-48-44-41-37-34-31-28-26-25-27-29-32-35-38-42-46-50-54-58-62-66-70-74-85-79(84)73-69-65-61-57-53-49-45-39-20-18-16-14-12-10-8-6-4-2/h18,20,67,71,76-77,81-82H,3-17,19,21-66,68-70,72-75H2,1-2H3,(H,80,83)/b20-18-,71-67+. The van der Waals surface area contributed by atoms with Gasteiger partial charge in [-0.1, -0.05) is 398 Å². The summed E-state index contributed by atoms with van der Waals surface area (Å²) in [6.07, 6.45) is 95.7. The molecule has 0 aromatic heterocycles. The van der Waals surface area contributed by atoms with Crippen molar-refractivity contribution in [2.45, 2.75) is 456 Å². The maximum Gasteiger partial charge on any atom is 0.305 e. The first-order chi connectivity index (χ1) is 42.0. The second kappa shape index (κ2) is 74.8. The van der Waals surface area contributed by atoms with Crippen LogP contribution in [0.25, 0.3) is 0 Å². The molecule has 2 atom stereocenters. The molecule has 0 bridgehead atoms. The molecule has 0 aliphatic carbocycles. The van der Waals surface area contributed by atoms with Crippen LogP contribution in [0.5, 0.6) is 0 Å². The molecule has 0 heterocycles. The molecule has 6 nitrogen and oxygen atoms in total. The Bertz CT molecular complexity index is 1330. The summed E-state index contributed by atoms with van der Waals surface area (Å²) in [5, 5.41) is 23.3. The van der Waals surface area contributed by atoms with Crippen LogP contribution in [0.2, 0.25) is 0 Å². The van der Waals surface area contributed by atoms with Gasteiger partial charge in [-0.25, -0.2) is 0 Å². The minimum atomic E-state index is -0.844. The van der Waals surface area contributed by atoms with Gasteiger partial charge in [-0.15, -0.1) is 0 Å². The lowest BCUT2D eigenvalue weighted by Gasteiger charge is -2.20. The molecule has 0 aliphatic heterocycles. The van der Waals surface area contributed by atoms with Crippen LogP contribution in [0, 0.1) is 0 Å². The van der Waals surface area contributed by atoms with Crippen LogP contribution in [-0.2, 0) is 14.3 Å². The highest BCUT2D eigenvalue weighted by Crippen LogP contribution is 2.20. The zero-order valence-electron chi connectivity index (χ0n) is 57.9. The number of carbonyl (C=O) groups excluding carboxylic acids is 2. The predicted molar refractivity (Wildman–Crippen MR) is 375 cm³/mol. The third kappa shape index (κ3) is 71.3. The Kier molecular flexibility index (Phi) is 73.3. The second-order valence-electron chi connectivity index (χ2n) is 27.0. The largest absolute Gasteiger partial charge is 0.466 e. The van der Waals surface area contributed by atoms with Gasteiger partial charge in [0.05, 0.1) is 25.4 Å². The number of aliphatic hydroxyl groups excluding tert-OH is 2. The summed E-state index contributed by atoms with van der Waals surface area (Å²) in [6, 6.07) is -0.627. The van der Waals surface area contributed by atoms with Gasteiger partial charge in [0, 0.05) is 12.8 Å². The zero-order valence-corrected chi connectivity index (χ0v) is 57.9. The number of rotatable bonds is 74. The molecule has 0 aromatic carbocycles. The zero-order chi connectivity index (χ0) is 61.3. The molecular formula is C79H153NO5. The minimum Gasteiger partial charge on any atom is -0.466 e. The molecule has 85 heavy (non-hydrogen) atoms. The van der Waals surface area contributed by atoms with Crippen molar-refractivity contribution in [1.29, 1.82) is 0 Å². The normalized spacial score (nSPS) is 12.6. The summed E-state index contributed by atoms with van der Waals surface area (Å²) in [6.45, 7) is 4.95. The topological polar surface area (TPSA) is 95.9 Å². The number of hydrogen-bond donors (Lipinski definition) is 3. The minimum absolute atomic E-state index is 0.0155. The number of unbranched alkanes of at least 4 members (excludes halogenated alkanes) is 61. The van der Waals surface area contributed by atoms with Gasteiger partial charge in [-0.3, -0.25) is 9.59 Å². The van der Waals surface area contributed by atoms with Crippen molar-refractivity contribution in [3.63, 3.8) is 0 Å². The quantitative estimate of drug-likeness (QED) is 0.0320. The Morgan fingerprint density at radius 3 is 0.835 bits per heavy atom.